The summed E-state index contributed by atoms with van der Waals surface area (Å²) in [4.78, 5) is 0. The topological polar surface area (TPSA) is 114 Å². The van der Waals surface area contributed by atoms with Crippen LogP contribution in [0.15, 0.2) is 30.3 Å². The van der Waals surface area contributed by atoms with Crippen molar-refractivity contribution in [1.82, 2.24) is 5.06 Å². The number of nitrogens with zero attached hydrogens (tertiary/aromatic N) is 1. The highest BCUT2D eigenvalue weighted by Crippen LogP contribution is 2.57. The molecule has 0 saturated carbocycles. The number of hydrogen-bond donors (Lipinski definition) is 1. The molecule has 3 fully saturated rings. The molecule has 6 atom stereocenters. The Morgan fingerprint density at radius 1 is 0.949 bits per heavy atom. The molecule has 0 bridgehead atoms. The Kier molecular flexibility index (Phi) is 9.63. The quantitative estimate of drug-likeness (QED) is 0.278. The molecule has 222 valence electrons. The van der Waals surface area contributed by atoms with Gasteiger partial charge in [0.05, 0.1) is 32.0 Å². The SMILES string of the molecule is CC(C)OP(=O)(OC(C)C)[C@@H](COCc1ccccc1)N(O)[C@H]1O[C@H](C2COC(C)(C)O2)[C@@H]2OC(C)(C)O[C@@H]21. The Hall–Kier alpha value is -0.950. The van der Waals surface area contributed by atoms with Crippen molar-refractivity contribution < 1.29 is 47.2 Å². The molecule has 0 aliphatic carbocycles. The summed E-state index contributed by atoms with van der Waals surface area (Å²) in [7, 11) is -3.99. The minimum atomic E-state index is -3.99. The average Bonchev–Trinajstić information content (AvgIpc) is 3.44. The molecule has 0 spiro atoms. The summed E-state index contributed by atoms with van der Waals surface area (Å²) in [5.41, 5.74) is 0.928. The maximum absolute atomic E-state index is 14.3. The summed E-state index contributed by atoms with van der Waals surface area (Å²) < 4.78 is 62.6. The number of ether oxygens (including phenoxy) is 6. The fourth-order valence-corrected chi connectivity index (χ4v) is 7.30. The van der Waals surface area contributed by atoms with Crippen LogP contribution in [0, 0.1) is 0 Å². The maximum atomic E-state index is 14.3. The highest BCUT2D eigenvalue weighted by atomic mass is 31.2. The van der Waals surface area contributed by atoms with Gasteiger partial charge in [0.25, 0.3) is 0 Å². The van der Waals surface area contributed by atoms with Crippen molar-refractivity contribution >= 4 is 7.60 Å². The Labute approximate surface area is 231 Å². The molecule has 12 heteroatoms. The Balaban J connectivity index is 1.61. The summed E-state index contributed by atoms with van der Waals surface area (Å²) in [5.74, 6) is -2.94. The van der Waals surface area contributed by atoms with Gasteiger partial charge in [-0.1, -0.05) is 30.3 Å². The monoisotopic (exact) mass is 573 g/mol. The predicted molar refractivity (Wildman–Crippen MR) is 141 cm³/mol. The second kappa shape index (κ2) is 12.1. The third kappa shape index (κ3) is 7.47. The van der Waals surface area contributed by atoms with E-state index in [0.717, 1.165) is 10.6 Å². The highest BCUT2D eigenvalue weighted by molar-refractivity contribution is 7.54. The van der Waals surface area contributed by atoms with Gasteiger partial charge in [-0.3, -0.25) is 4.57 Å². The molecule has 0 aromatic heterocycles. The summed E-state index contributed by atoms with van der Waals surface area (Å²) >= 11 is 0. The molecule has 39 heavy (non-hydrogen) atoms. The van der Waals surface area contributed by atoms with Crippen molar-refractivity contribution in [1.29, 1.82) is 0 Å². The van der Waals surface area contributed by atoms with Crippen molar-refractivity contribution in [3.05, 3.63) is 35.9 Å². The molecule has 1 N–H and O–H groups in total. The van der Waals surface area contributed by atoms with Crippen LogP contribution in [0.1, 0.15) is 61.0 Å². The minimum Gasteiger partial charge on any atom is -0.374 e. The van der Waals surface area contributed by atoms with Crippen LogP contribution < -0.4 is 0 Å². The number of rotatable bonds is 12. The van der Waals surface area contributed by atoms with E-state index in [1.54, 1.807) is 41.5 Å². The van der Waals surface area contributed by atoms with E-state index in [9.17, 15) is 9.77 Å². The van der Waals surface area contributed by atoms with Crippen molar-refractivity contribution in [2.24, 2.45) is 0 Å². The van der Waals surface area contributed by atoms with Gasteiger partial charge in [0.15, 0.2) is 23.6 Å². The minimum absolute atomic E-state index is 0.162. The second-order valence-electron chi connectivity index (χ2n) is 11.6. The smallest absolute Gasteiger partial charge is 0.353 e. The van der Waals surface area contributed by atoms with E-state index in [1.165, 1.54) is 0 Å². The summed E-state index contributed by atoms with van der Waals surface area (Å²) in [6.45, 7) is 14.6. The standard InChI is InChI=1S/C27H44NO10P/c1-17(2)37-39(30,38-18(3)4)21(16-31-14-19-12-10-9-11-13-19)28(29)25-24-23(35-27(7,8)36-24)22(33-25)20-15-32-26(5,6)34-20/h9-13,17-18,20-25,29H,14-16H2,1-8H3/t20?,21-,22+,23-,24-,25-/m0/s1. The first-order valence-corrected chi connectivity index (χ1v) is 15.2. The molecular formula is C27H44NO10P. The van der Waals surface area contributed by atoms with Gasteiger partial charge in [0.1, 0.15) is 24.4 Å². The predicted octanol–water partition coefficient (Wildman–Crippen LogP) is 4.66. The molecule has 4 rings (SSSR count). The fraction of sp³-hybridized carbons (Fsp3) is 0.778. The summed E-state index contributed by atoms with van der Waals surface area (Å²) in [6.07, 6.45) is -4.31. The first-order valence-electron chi connectivity index (χ1n) is 13.6. The molecule has 0 radical (unpaired) electrons. The zero-order valence-corrected chi connectivity index (χ0v) is 25.0. The average molecular weight is 574 g/mol. The van der Waals surface area contributed by atoms with Crippen LogP contribution in [-0.2, 0) is 48.6 Å². The van der Waals surface area contributed by atoms with E-state index >= 15 is 0 Å². The van der Waals surface area contributed by atoms with Gasteiger partial charge in [-0.2, -0.15) is 0 Å². The second-order valence-corrected chi connectivity index (χ2v) is 13.7. The lowest BCUT2D eigenvalue weighted by Crippen LogP contribution is -2.50. The van der Waals surface area contributed by atoms with Gasteiger partial charge in [0, 0.05) is 0 Å². The van der Waals surface area contributed by atoms with E-state index in [1.807, 2.05) is 44.2 Å². The number of hydroxylamine groups is 2. The van der Waals surface area contributed by atoms with Gasteiger partial charge in [0.2, 0.25) is 0 Å². The van der Waals surface area contributed by atoms with Crippen molar-refractivity contribution in [2.45, 2.75) is 122 Å². The number of hydrogen-bond acceptors (Lipinski definition) is 11. The van der Waals surface area contributed by atoms with E-state index in [-0.39, 0.29) is 19.8 Å². The molecule has 3 heterocycles. The first kappa shape index (κ1) is 31.0. The van der Waals surface area contributed by atoms with Crippen LogP contribution in [0.25, 0.3) is 0 Å². The van der Waals surface area contributed by atoms with Crippen LogP contribution in [0.5, 0.6) is 0 Å². The molecule has 11 nitrogen and oxygen atoms in total. The maximum Gasteiger partial charge on any atom is 0.353 e. The lowest BCUT2D eigenvalue weighted by atomic mass is 10.1. The molecule has 0 amide bonds. The van der Waals surface area contributed by atoms with E-state index in [2.05, 4.69) is 0 Å². The number of fused-ring (bicyclic) bond motifs is 1. The van der Waals surface area contributed by atoms with Crippen molar-refractivity contribution in [2.75, 3.05) is 13.2 Å². The normalized spacial score (nSPS) is 30.9. The molecule has 1 unspecified atom stereocenters. The van der Waals surface area contributed by atoms with E-state index in [0.29, 0.717) is 0 Å². The zero-order valence-electron chi connectivity index (χ0n) is 24.1. The highest BCUT2D eigenvalue weighted by Gasteiger charge is 2.62. The molecule has 3 saturated heterocycles. The van der Waals surface area contributed by atoms with Gasteiger partial charge in [-0.05, 0) is 61.0 Å². The Morgan fingerprint density at radius 3 is 2.13 bits per heavy atom. The van der Waals surface area contributed by atoms with Crippen LogP contribution in [-0.4, -0.2) is 83.7 Å². The van der Waals surface area contributed by atoms with Crippen molar-refractivity contribution in [3.8, 4) is 0 Å². The lowest BCUT2D eigenvalue weighted by Gasteiger charge is -2.37. The molecule has 1 aromatic carbocycles. The lowest BCUT2D eigenvalue weighted by molar-refractivity contribution is -0.280. The third-order valence-corrected chi connectivity index (χ3v) is 9.03. The van der Waals surface area contributed by atoms with E-state index < -0.39 is 67.8 Å². The van der Waals surface area contributed by atoms with Crippen LogP contribution >= 0.6 is 7.60 Å². The van der Waals surface area contributed by atoms with E-state index in [4.69, 9.17) is 37.5 Å². The largest absolute Gasteiger partial charge is 0.374 e. The van der Waals surface area contributed by atoms with Crippen LogP contribution in [0.2, 0.25) is 0 Å². The fourth-order valence-electron chi connectivity index (χ4n) is 5.09. The van der Waals surface area contributed by atoms with Gasteiger partial charge in [-0.15, -0.1) is 5.06 Å². The van der Waals surface area contributed by atoms with Crippen molar-refractivity contribution in [3.63, 3.8) is 0 Å². The first-order chi connectivity index (χ1) is 18.2. The summed E-state index contributed by atoms with van der Waals surface area (Å²) in [6, 6.07) is 9.58. The van der Waals surface area contributed by atoms with Crippen LogP contribution in [0.3, 0.4) is 0 Å². The van der Waals surface area contributed by atoms with Gasteiger partial charge >= 0.3 is 7.60 Å². The summed E-state index contributed by atoms with van der Waals surface area (Å²) in [5, 5.41) is 12.6. The molecule has 3 aliphatic rings. The molecule has 1 aromatic rings. The third-order valence-electron chi connectivity index (χ3n) is 6.49. The number of benzene rings is 1. The zero-order chi connectivity index (χ0) is 28.6. The Bertz CT molecular complexity index is 976. The molecular weight excluding hydrogens is 529 g/mol. The van der Waals surface area contributed by atoms with Gasteiger partial charge in [-0.25, -0.2) is 0 Å². The Morgan fingerprint density at radius 2 is 1.56 bits per heavy atom. The van der Waals surface area contributed by atoms with Gasteiger partial charge < -0.3 is 42.7 Å². The van der Waals surface area contributed by atoms with Crippen LogP contribution in [0.4, 0.5) is 0 Å². The molecule has 3 aliphatic heterocycles.